The second kappa shape index (κ2) is 12.8. The number of carbonyl (C=O) groups excluding carboxylic acids is 1. The summed E-state index contributed by atoms with van der Waals surface area (Å²) in [4.78, 5) is 14.1. The normalized spacial score (nSPS) is 16.4. The lowest BCUT2D eigenvalue weighted by molar-refractivity contribution is 0.00760. The van der Waals surface area contributed by atoms with Gasteiger partial charge in [0.05, 0.1) is 6.04 Å². The molecule has 5 nitrogen and oxygen atoms in total. The lowest BCUT2D eigenvalue weighted by Gasteiger charge is -2.35. The molecule has 3 aromatic rings. The quantitative estimate of drug-likeness (QED) is 0.499. The summed E-state index contributed by atoms with van der Waals surface area (Å²) < 4.78 is 5.52. The fourth-order valence-electron chi connectivity index (χ4n) is 3.87. The van der Waals surface area contributed by atoms with Gasteiger partial charge >= 0.3 is 6.09 Å². The van der Waals surface area contributed by atoms with Gasteiger partial charge in [-0.25, -0.2) is 4.79 Å². The highest BCUT2D eigenvalue weighted by Crippen LogP contribution is 2.28. The van der Waals surface area contributed by atoms with Crippen molar-refractivity contribution in [1.82, 2.24) is 4.90 Å². The molecule has 3 aromatic carbocycles. The van der Waals surface area contributed by atoms with E-state index in [1.165, 1.54) is 0 Å². The Kier molecular flexibility index (Phi) is 9.48. The fourth-order valence-corrected chi connectivity index (χ4v) is 3.87. The molecule has 2 atom stereocenters. The molecular weight excluding hydrogens is 412 g/mol. The van der Waals surface area contributed by atoms with Gasteiger partial charge in [-0.15, -0.1) is 0 Å². The highest BCUT2D eigenvalue weighted by molar-refractivity contribution is 5.69. The van der Waals surface area contributed by atoms with E-state index in [2.05, 4.69) is 36.4 Å². The summed E-state index contributed by atoms with van der Waals surface area (Å²) in [7, 11) is 0. The molecule has 0 bridgehead atoms. The predicted molar refractivity (Wildman–Crippen MR) is 133 cm³/mol. The number of aliphatic hydroxyl groups is 1. The van der Waals surface area contributed by atoms with Crippen molar-refractivity contribution < 1.29 is 14.6 Å². The molecule has 0 spiro atoms. The van der Waals surface area contributed by atoms with Crippen molar-refractivity contribution in [3.05, 3.63) is 96.1 Å². The SMILES string of the molecule is CC(c1ccc(-c2ccc(CN)cc2)cc1)N1CCC(CCCO)OC1=O.c1ccccc1. The summed E-state index contributed by atoms with van der Waals surface area (Å²) in [6, 6.07) is 28.5. The highest BCUT2D eigenvalue weighted by Gasteiger charge is 2.30. The molecule has 174 valence electrons. The van der Waals surface area contributed by atoms with E-state index >= 15 is 0 Å². The van der Waals surface area contributed by atoms with Gasteiger partial charge in [0, 0.05) is 26.1 Å². The number of nitrogens with two attached hydrogens (primary N) is 1. The van der Waals surface area contributed by atoms with Crippen LogP contribution in [0.25, 0.3) is 11.1 Å². The molecule has 1 fully saturated rings. The van der Waals surface area contributed by atoms with Crippen LogP contribution in [0.1, 0.15) is 43.4 Å². The Labute approximate surface area is 196 Å². The summed E-state index contributed by atoms with van der Waals surface area (Å²) in [5.41, 5.74) is 10.1. The summed E-state index contributed by atoms with van der Waals surface area (Å²) in [6.45, 7) is 3.39. The van der Waals surface area contributed by atoms with Crippen molar-refractivity contribution >= 4 is 6.09 Å². The van der Waals surface area contributed by atoms with Gasteiger partial charge in [-0.2, -0.15) is 0 Å². The Bertz CT molecular complexity index is 932. The van der Waals surface area contributed by atoms with E-state index in [0.717, 1.165) is 35.1 Å². The lowest BCUT2D eigenvalue weighted by atomic mass is 9.99. The summed E-state index contributed by atoms with van der Waals surface area (Å²) in [6.07, 6.45) is 1.86. The number of rotatable bonds is 7. The van der Waals surface area contributed by atoms with Crippen LogP contribution in [0.5, 0.6) is 0 Å². The molecule has 0 saturated carbocycles. The van der Waals surface area contributed by atoms with Gasteiger partial charge < -0.3 is 20.5 Å². The number of aliphatic hydroxyl groups excluding tert-OH is 1. The first-order chi connectivity index (χ1) is 16.1. The van der Waals surface area contributed by atoms with Gasteiger partial charge in [0.2, 0.25) is 0 Å². The van der Waals surface area contributed by atoms with Gasteiger partial charge in [0.1, 0.15) is 6.10 Å². The maximum absolute atomic E-state index is 12.4. The number of benzene rings is 3. The molecule has 5 heteroatoms. The summed E-state index contributed by atoms with van der Waals surface area (Å²) in [5, 5.41) is 8.93. The van der Waals surface area contributed by atoms with Crippen LogP contribution in [0.2, 0.25) is 0 Å². The topological polar surface area (TPSA) is 75.8 Å². The molecule has 0 radical (unpaired) electrons. The first kappa shape index (κ1) is 24.5. The van der Waals surface area contributed by atoms with Crippen molar-refractivity contribution in [2.45, 2.75) is 44.9 Å². The average Bonchev–Trinajstić information content (AvgIpc) is 2.89. The molecule has 4 rings (SSSR count). The predicted octanol–water partition coefficient (Wildman–Crippen LogP) is 5.54. The first-order valence-corrected chi connectivity index (χ1v) is 11.6. The van der Waals surface area contributed by atoms with Crippen molar-refractivity contribution in [2.75, 3.05) is 13.2 Å². The Morgan fingerprint density at radius 3 is 2.00 bits per heavy atom. The van der Waals surface area contributed by atoms with Gasteiger partial charge in [-0.3, -0.25) is 0 Å². The molecule has 1 saturated heterocycles. The number of nitrogens with zero attached hydrogens (tertiary/aromatic N) is 1. The van der Waals surface area contributed by atoms with E-state index in [1.807, 2.05) is 55.5 Å². The zero-order valence-corrected chi connectivity index (χ0v) is 19.3. The minimum atomic E-state index is -0.266. The third-order valence-electron chi connectivity index (χ3n) is 5.93. The maximum Gasteiger partial charge on any atom is 0.410 e. The molecule has 0 aliphatic carbocycles. The molecule has 1 heterocycles. The Balaban J connectivity index is 0.000000442. The largest absolute Gasteiger partial charge is 0.446 e. The van der Waals surface area contributed by atoms with Crippen LogP contribution in [0, 0.1) is 0 Å². The number of hydrogen-bond donors (Lipinski definition) is 2. The van der Waals surface area contributed by atoms with Crippen molar-refractivity contribution in [2.24, 2.45) is 5.73 Å². The number of carbonyl (C=O) groups is 1. The molecule has 1 aliphatic heterocycles. The molecule has 3 N–H and O–H groups in total. The minimum absolute atomic E-state index is 0.0371. The van der Waals surface area contributed by atoms with Crippen LogP contribution in [-0.4, -0.2) is 35.4 Å². The zero-order chi connectivity index (χ0) is 23.5. The van der Waals surface area contributed by atoms with E-state index in [9.17, 15) is 4.79 Å². The average molecular weight is 447 g/mol. The smallest absolute Gasteiger partial charge is 0.410 e. The van der Waals surface area contributed by atoms with Crippen molar-refractivity contribution in [3.63, 3.8) is 0 Å². The zero-order valence-electron chi connectivity index (χ0n) is 19.3. The van der Waals surface area contributed by atoms with Crippen LogP contribution in [-0.2, 0) is 11.3 Å². The highest BCUT2D eigenvalue weighted by atomic mass is 16.6. The summed E-state index contributed by atoms with van der Waals surface area (Å²) >= 11 is 0. The van der Waals surface area contributed by atoms with Gasteiger partial charge in [0.15, 0.2) is 0 Å². The van der Waals surface area contributed by atoms with E-state index in [-0.39, 0.29) is 24.8 Å². The second-order valence-electron chi connectivity index (χ2n) is 8.21. The van der Waals surface area contributed by atoms with Crippen LogP contribution in [0.3, 0.4) is 0 Å². The third kappa shape index (κ3) is 7.17. The van der Waals surface area contributed by atoms with Gasteiger partial charge in [-0.05, 0) is 42.0 Å². The Hall–Kier alpha value is -3.15. The molecule has 2 unspecified atom stereocenters. The molecular formula is C28H34N2O3. The number of amides is 1. The maximum atomic E-state index is 12.4. The van der Waals surface area contributed by atoms with Crippen molar-refractivity contribution in [3.8, 4) is 11.1 Å². The van der Waals surface area contributed by atoms with E-state index in [4.69, 9.17) is 15.6 Å². The van der Waals surface area contributed by atoms with Gasteiger partial charge in [-0.1, -0.05) is 84.9 Å². The molecule has 33 heavy (non-hydrogen) atoms. The van der Waals surface area contributed by atoms with Crippen LogP contribution in [0.4, 0.5) is 4.79 Å². The standard InChI is InChI=1S/C22H28N2O3.C6H6/c1-16(24-13-12-21(3-2-14-25)27-22(24)26)18-8-10-20(11-9-18)19-6-4-17(15-23)5-7-19;1-2-4-6-5-3-1/h4-11,16,21,25H,2-3,12-15,23H2,1H3;1-6H. The minimum Gasteiger partial charge on any atom is -0.446 e. The molecule has 1 amide bonds. The van der Waals surface area contributed by atoms with Crippen molar-refractivity contribution in [1.29, 1.82) is 0 Å². The second-order valence-corrected chi connectivity index (χ2v) is 8.21. The molecule has 1 aliphatic rings. The van der Waals surface area contributed by atoms with E-state index in [1.54, 1.807) is 4.90 Å². The van der Waals surface area contributed by atoms with Crippen LogP contribution >= 0.6 is 0 Å². The summed E-state index contributed by atoms with van der Waals surface area (Å²) in [5.74, 6) is 0. The lowest BCUT2D eigenvalue weighted by Crippen LogP contribution is -2.43. The Morgan fingerprint density at radius 1 is 0.970 bits per heavy atom. The number of hydrogen-bond acceptors (Lipinski definition) is 4. The monoisotopic (exact) mass is 446 g/mol. The number of cyclic esters (lactones) is 1. The van der Waals surface area contributed by atoms with E-state index < -0.39 is 0 Å². The van der Waals surface area contributed by atoms with Crippen LogP contribution < -0.4 is 5.73 Å². The Morgan fingerprint density at radius 2 is 1.52 bits per heavy atom. The molecule has 0 aromatic heterocycles. The van der Waals surface area contributed by atoms with E-state index in [0.29, 0.717) is 19.5 Å². The third-order valence-corrected chi connectivity index (χ3v) is 5.93. The number of ether oxygens (including phenoxy) is 1. The van der Waals surface area contributed by atoms with Crippen LogP contribution in [0.15, 0.2) is 84.9 Å². The van der Waals surface area contributed by atoms with Gasteiger partial charge in [0.25, 0.3) is 0 Å². The fraction of sp³-hybridized carbons (Fsp3) is 0.321. The first-order valence-electron chi connectivity index (χ1n) is 11.6.